The van der Waals surface area contributed by atoms with E-state index in [0.29, 0.717) is 5.69 Å². The number of amides is 1. The first-order valence-electron chi connectivity index (χ1n) is 9.07. The average Bonchev–Trinajstić information content (AvgIpc) is 2.67. The number of esters is 1. The van der Waals surface area contributed by atoms with Crippen LogP contribution in [-0.4, -0.2) is 32.2 Å². The van der Waals surface area contributed by atoms with Gasteiger partial charge in [0.25, 0.3) is 5.91 Å². The average molecular weight is 439 g/mol. The zero-order valence-electron chi connectivity index (χ0n) is 17.0. The smallest absolute Gasteiger partial charge is 0.341 e. The molecule has 0 bridgehead atoms. The van der Waals surface area contributed by atoms with Crippen molar-refractivity contribution in [2.45, 2.75) is 49.9 Å². The predicted molar refractivity (Wildman–Crippen MR) is 108 cm³/mol. The molecule has 2 aromatic rings. The van der Waals surface area contributed by atoms with Crippen LogP contribution >= 0.6 is 0 Å². The van der Waals surface area contributed by atoms with E-state index in [1.54, 1.807) is 12.1 Å². The molecule has 0 aliphatic heterocycles. The lowest BCUT2D eigenvalue weighted by molar-refractivity contribution is -0.123. The molecule has 6 nitrogen and oxygen atoms in total. The quantitative estimate of drug-likeness (QED) is 0.683. The number of halogens is 2. The molecule has 0 saturated carbocycles. The number of hydrogen-bond acceptors (Lipinski definition) is 5. The van der Waals surface area contributed by atoms with Gasteiger partial charge in [-0.1, -0.05) is 32.9 Å². The number of rotatable bonds is 6. The molecule has 0 fully saturated rings. The summed E-state index contributed by atoms with van der Waals surface area (Å²) in [5.74, 6) is -5.00. The molecule has 0 spiro atoms. The van der Waals surface area contributed by atoms with Crippen molar-refractivity contribution in [3.63, 3.8) is 0 Å². The lowest BCUT2D eigenvalue weighted by Gasteiger charge is -2.19. The zero-order valence-corrected chi connectivity index (χ0v) is 17.8. The highest BCUT2D eigenvalue weighted by molar-refractivity contribution is 7.91. The van der Waals surface area contributed by atoms with Crippen molar-refractivity contribution >= 4 is 27.4 Å². The van der Waals surface area contributed by atoms with E-state index in [1.807, 2.05) is 12.1 Å². The maximum absolute atomic E-state index is 12.6. The summed E-state index contributed by atoms with van der Waals surface area (Å²) in [6, 6.07) is 11.1. The molecule has 0 radical (unpaired) electrons. The molecular weight excluding hydrogens is 416 g/mol. The van der Waals surface area contributed by atoms with Crippen LogP contribution in [0.4, 0.5) is 14.5 Å². The molecular formula is C21H23F2NO5S. The maximum atomic E-state index is 12.6. The molecule has 2 rings (SSSR count). The number of carbonyl (C=O) groups excluding carboxylic acids is 2. The Morgan fingerprint density at radius 2 is 1.50 bits per heavy atom. The maximum Gasteiger partial charge on any atom is 0.341 e. The normalized spacial score (nSPS) is 13.0. The number of anilines is 1. The SMILES string of the molecule is CC(OC(=O)c1ccc(S(=O)(=O)C(F)F)cc1)C(=O)Nc1ccc(C(C)(C)C)cc1. The number of nitrogens with one attached hydrogen (secondary N) is 1. The number of sulfone groups is 1. The minimum absolute atomic E-state index is 0.0322. The van der Waals surface area contributed by atoms with Gasteiger partial charge in [-0.15, -0.1) is 0 Å². The first-order chi connectivity index (χ1) is 13.8. The second-order valence-corrected chi connectivity index (χ2v) is 9.61. The molecule has 0 aliphatic carbocycles. The van der Waals surface area contributed by atoms with Crippen LogP contribution in [0.2, 0.25) is 0 Å². The summed E-state index contributed by atoms with van der Waals surface area (Å²) in [6.45, 7) is 7.58. The van der Waals surface area contributed by atoms with Gasteiger partial charge in [0, 0.05) is 5.69 Å². The van der Waals surface area contributed by atoms with E-state index < -0.39 is 38.5 Å². The summed E-state index contributed by atoms with van der Waals surface area (Å²) in [6.07, 6.45) is -1.13. The van der Waals surface area contributed by atoms with Gasteiger partial charge in [0.05, 0.1) is 10.5 Å². The Balaban J connectivity index is 2.00. The van der Waals surface area contributed by atoms with Crippen LogP contribution in [0.25, 0.3) is 0 Å². The van der Waals surface area contributed by atoms with Crippen LogP contribution in [0.5, 0.6) is 0 Å². The van der Waals surface area contributed by atoms with Gasteiger partial charge in [-0.05, 0) is 54.3 Å². The van der Waals surface area contributed by atoms with Gasteiger partial charge in [0.15, 0.2) is 6.10 Å². The number of carbonyl (C=O) groups is 2. The Bertz CT molecular complexity index is 1010. The fraction of sp³-hybridized carbons (Fsp3) is 0.333. The van der Waals surface area contributed by atoms with Crippen LogP contribution in [0.1, 0.15) is 43.6 Å². The van der Waals surface area contributed by atoms with Crippen molar-refractivity contribution in [2.75, 3.05) is 5.32 Å². The highest BCUT2D eigenvalue weighted by atomic mass is 32.2. The Labute approximate surface area is 174 Å². The molecule has 1 atom stereocenters. The third-order valence-corrected chi connectivity index (χ3v) is 5.72. The van der Waals surface area contributed by atoms with Crippen molar-refractivity contribution in [3.05, 3.63) is 59.7 Å². The van der Waals surface area contributed by atoms with Gasteiger partial charge in [-0.3, -0.25) is 4.79 Å². The molecule has 0 aliphatic rings. The number of ether oxygens (including phenoxy) is 1. The molecule has 1 unspecified atom stereocenters. The zero-order chi connectivity index (χ0) is 22.7. The Morgan fingerprint density at radius 3 is 1.97 bits per heavy atom. The van der Waals surface area contributed by atoms with Gasteiger partial charge in [-0.25, -0.2) is 13.2 Å². The topological polar surface area (TPSA) is 89.5 Å². The fourth-order valence-corrected chi connectivity index (χ4v) is 3.18. The lowest BCUT2D eigenvalue weighted by Crippen LogP contribution is -2.30. The molecule has 1 N–H and O–H groups in total. The number of alkyl halides is 2. The van der Waals surface area contributed by atoms with Crippen LogP contribution in [0, 0.1) is 0 Å². The fourth-order valence-electron chi connectivity index (χ4n) is 2.46. The second-order valence-electron chi connectivity index (χ2n) is 7.69. The largest absolute Gasteiger partial charge is 0.449 e. The van der Waals surface area contributed by atoms with E-state index in [4.69, 9.17) is 4.74 Å². The predicted octanol–water partition coefficient (Wildman–Crippen LogP) is 4.16. The molecule has 9 heteroatoms. The minimum Gasteiger partial charge on any atom is -0.449 e. The first kappa shape index (κ1) is 23.5. The third-order valence-electron chi connectivity index (χ3n) is 4.32. The molecule has 2 aromatic carbocycles. The highest BCUT2D eigenvalue weighted by Crippen LogP contribution is 2.23. The van der Waals surface area contributed by atoms with Crippen LogP contribution in [-0.2, 0) is 24.8 Å². The summed E-state index contributed by atoms with van der Waals surface area (Å²) in [5.41, 5.74) is 1.53. The van der Waals surface area contributed by atoms with Gasteiger partial charge in [0.2, 0.25) is 9.84 Å². The van der Waals surface area contributed by atoms with Crippen molar-refractivity contribution in [2.24, 2.45) is 0 Å². The van der Waals surface area contributed by atoms with E-state index in [-0.39, 0.29) is 11.0 Å². The van der Waals surface area contributed by atoms with E-state index >= 15 is 0 Å². The molecule has 0 saturated heterocycles. The van der Waals surface area contributed by atoms with E-state index in [0.717, 1.165) is 29.8 Å². The first-order valence-corrected chi connectivity index (χ1v) is 10.6. The van der Waals surface area contributed by atoms with Crippen molar-refractivity contribution in [1.29, 1.82) is 0 Å². The van der Waals surface area contributed by atoms with Crippen LogP contribution in [0.15, 0.2) is 53.4 Å². The lowest BCUT2D eigenvalue weighted by atomic mass is 9.87. The minimum atomic E-state index is -4.75. The Hall–Kier alpha value is -2.81. The van der Waals surface area contributed by atoms with Crippen LogP contribution < -0.4 is 5.32 Å². The van der Waals surface area contributed by atoms with E-state index in [1.165, 1.54) is 6.92 Å². The van der Waals surface area contributed by atoms with Gasteiger partial charge in [-0.2, -0.15) is 8.78 Å². The van der Waals surface area contributed by atoms with Gasteiger partial charge < -0.3 is 10.1 Å². The Morgan fingerprint density at radius 1 is 0.967 bits per heavy atom. The second kappa shape index (κ2) is 8.91. The van der Waals surface area contributed by atoms with Gasteiger partial charge >= 0.3 is 11.7 Å². The summed E-state index contributed by atoms with van der Waals surface area (Å²) in [5, 5.41) is 2.64. The standard InChI is InChI=1S/C21H23F2NO5S/c1-13(18(25)24-16-9-7-15(8-10-16)21(2,3)4)29-19(26)14-5-11-17(12-6-14)30(27,28)20(22)23/h5-13,20H,1-4H3,(H,24,25). The number of benzene rings is 2. The van der Waals surface area contributed by atoms with Crippen molar-refractivity contribution in [3.8, 4) is 0 Å². The monoisotopic (exact) mass is 439 g/mol. The summed E-state index contributed by atoms with van der Waals surface area (Å²) in [7, 11) is -4.75. The van der Waals surface area contributed by atoms with Crippen molar-refractivity contribution < 1.29 is 31.5 Å². The summed E-state index contributed by atoms with van der Waals surface area (Å²) >= 11 is 0. The van der Waals surface area contributed by atoms with Crippen molar-refractivity contribution in [1.82, 2.24) is 0 Å². The van der Waals surface area contributed by atoms with Crippen LogP contribution in [0.3, 0.4) is 0 Å². The summed E-state index contributed by atoms with van der Waals surface area (Å²) < 4.78 is 53.0. The molecule has 0 heterocycles. The molecule has 162 valence electrons. The third kappa shape index (κ3) is 5.63. The molecule has 30 heavy (non-hydrogen) atoms. The molecule has 0 aromatic heterocycles. The molecule has 1 amide bonds. The summed E-state index contributed by atoms with van der Waals surface area (Å²) in [4.78, 5) is 23.8. The van der Waals surface area contributed by atoms with Gasteiger partial charge in [0.1, 0.15) is 0 Å². The highest BCUT2D eigenvalue weighted by Gasteiger charge is 2.27. The van der Waals surface area contributed by atoms with E-state index in [9.17, 15) is 26.8 Å². The number of hydrogen-bond donors (Lipinski definition) is 1. The Kier molecular flexibility index (Phi) is 6.97. The van der Waals surface area contributed by atoms with E-state index in [2.05, 4.69) is 26.1 Å².